The first-order valence-corrected chi connectivity index (χ1v) is 14.4. The topological polar surface area (TPSA) is 52.6 Å². The van der Waals surface area contributed by atoms with Crippen LogP contribution in [-0.2, 0) is 19.1 Å². The Morgan fingerprint density at radius 3 is 1.31 bits per heavy atom. The third-order valence-corrected chi connectivity index (χ3v) is 7.87. The zero-order valence-electron chi connectivity index (χ0n) is 20.5. The van der Waals surface area contributed by atoms with Crippen LogP contribution in [0, 0.1) is 0 Å². The Kier molecular flexibility index (Phi) is 13.8. The van der Waals surface area contributed by atoms with E-state index in [1.807, 2.05) is 23.5 Å². The van der Waals surface area contributed by atoms with Gasteiger partial charge in [-0.1, -0.05) is 24.9 Å². The normalized spacial score (nSPS) is 10.6. The van der Waals surface area contributed by atoms with Gasteiger partial charge in [0.25, 0.3) is 0 Å². The van der Waals surface area contributed by atoms with Gasteiger partial charge in [0.05, 0.1) is 13.2 Å². The van der Waals surface area contributed by atoms with Crippen LogP contribution in [0.3, 0.4) is 0 Å². The Labute approximate surface area is 222 Å². The Hall–Kier alpha value is -2.09. The molecule has 0 saturated carbocycles. The maximum Gasteiger partial charge on any atom is 0.333 e. The van der Waals surface area contributed by atoms with Gasteiger partial charge in [-0.15, -0.1) is 23.5 Å². The Bertz CT molecular complexity index is 889. The number of ether oxygens (including phenoxy) is 2. The largest absolute Gasteiger partial charge is 0.462 e. The number of hydrogen-bond acceptors (Lipinski definition) is 7. The van der Waals surface area contributed by atoms with Crippen molar-refractivity contribution in [3.63, 3.8) is 0 Å². The second kappa shape index (κ2) is 16.6. The number of rotatable bonds is 16. The van der Waals surface area contributed by atoms with E-state index in [-0.39, 0.29) is 11.9 Å². The number of unbranched alkanes of at least 4 members (excludes halogenated alkanes) is 2. The Balaban J connectivity index is 1.62. The molecule has 0 aliphatic carbocycles. The molecule has 0 atom stereocenters. The summed E-state index contributed by atoms with van der Waals surface area (Å²) in [5, 5.41) is 0. The second-order valence-electron chi connectivity index (χ2n) is 7.99. The summed E-state index contributed by atoms with van der Waals surface area (Å²) in [6, 6.07) is 17.3. The molecule has 0 aromatic heterocycles. The van der Waals surface area contributed by atoms with Crippen molar-refractivity contribution in [1.29, 1.82) is 0 Å². The first-order chi connectivity index (χ1) is 16.8. The van der Waals surface area contributed by atoms with Gasteiger partial charge in [0.2, 0.25) is 0 Å². The molecule has 0 aliphatic heterocycles. The lowest BCUT2D eigenvalue weighted by Gasteiger charge is -2.07. The Morgan fingerprint density at radius 2 is 0.971 bits per heavy atom. The van der Waals surface area contributed by atoms with Gasteiger partial charge in [-0.3, -0.25) is 0 Å². The van der Waals surface area contributed by atoms with Gasteiger partial charge in [-0.05, 0) is 99.6 Å². The molecule has 0 bridgehead atoms. The molecule has 0 N–H and O–H groups in total. The first kappa shape index (κ1) is 29.1. The summed E-state index contributed by atoms with van der Waals surface area (Å²) < 4.78 is 10.2. The van der Waals surface area contributed by atoms with E-state index in [4.69, 9.17) is 9.47 Å². The highest BCUT2D eigenvalue weighted by atomic mass is 32.2. The number of benzene rings is 2. The van der Waals surface area contributed by atoms with Crippen LogP contribution in [0.4, 0.5) is 0 Å². The van der Waals surface area contributed by atoms with E-state index < -0.39 is 0 Å². The highest BCUT2D eigenvalue weighted by Crippen LogP contribution is 2.31. The third-order valence-electron chi connectivity index (χ3n) is 4.66. The number of thioether (sulfide) groups is 2. The van der Waals surface area contributed by atoms with Crippen LogP contribution in [0.1, 0.15) is 39.5 Å². The maximum atomic E-state index is 11.3. The fraction of sp³-hybridized carbons (Fsp3) is 0.357. The molecule has 7 heteroatoms. The molecule has 0 saturated heterocycles. The van der Waals surface area contributed by atoms with E-state index in [0.29, 0.717) is 24.4 Å². The predicted octanol–water partition coefficient (Wildman–Crippen LogP) is 7.82. The predicted molar refractivity (Wildman–Crippen MR) is 148 cm³/mol. The molecule has 0 aliphatic rings. The Morgan fingerprint density at radius 1 is 0.629 bits per heavy atom. The molecule has 0 amide bonds. The molecule has 0 unspecified atom stereocenters. The van der Waals surface area contributed by atoms with E-state index in [9.17, 15) is 9.59 Å². The van der Waals surface area contributed by atoms with Crippen LogP contribution in [-0.4, -0.2) is 36.7 Å². The summed E-state index contributed by atoms with van der Waals surface area (Å²) in [4.78, 5) is 27.6. The number of esters is 2. The fourth-order valence-electron chi connectivity index (χ4n) is 2.71. The van der Waals surface area contributed by atoms with Crippen molar-refractivity contribution in [3.05, 3.63) is 72.8 Å². The van der Waals surface area contributed by atoms with Gasteiger partial charge >= 0.3 is 11.9 Å². The zero-order valence-corrected chi connectivity index (χ0v) is 23.0. The van der Waals surface area contributed by atoms with Crippen LogP contribution in [0.5, 0.6) is 0 Å². The minimum absolute atomic E-state index is 0.310. The van der Waals surface area contributed by atoms with Gasteiger partial charge in [-0.2, -0.15) is 0 Å². The van der Waals surface area contributed by atoms with E-state index in [1.165, 1.54) is 19.6 Å². The molecule has 2 aromatic rings. The highest BCUT2D eigenvalue weighted by Gasteiger charge is 2.04. The van der Waals surface area contributed by atoms with E-state index in [1.54, 1.807) is 25.6 Å². The van der Waals surface area contributed by atoms with Gasteiger partial charge in [0.15, 0.2) is 0 Å². The van der Waals surface area contributed by atoms with Gasteiger partial charge in [0, 0.05) is 30.7 Å². The molecule has 188 valence electrons. The summed E-state index contributed by atoms with van der Waals surface area (Å²) in [5.41, 5.74) is 0.888. The SMILES string of the molecule is C=C(C)C(=O)OCCCCSc1ccc(Sc2ccc(SCCCCOC(=O)C(=C)C)cc2)cc1. The standard InChI is InChI=1S/C28H34O4S3/c1-21(2)27(29)31-17-5-7-19-33-23-9-13-25(14-10-23)35-26-15-11-24(12-16-26)34-20-8-6-18-32-28(30)22(3)4/h9-16H,1,3,5-8,17-20H2,2,4H3. The van der Waals surface area contributed by atoms with Crippen molar-refractivity contribution < 1.29 is 19.1 Å². The lowest BCUT2D eigenvalue weighted by molar-refractivity contribution is -0.139. The highest BCUT2D eigenvalue weighted by molar-refractivity contribution is 8.00. The molecule has 2 rings (SSSR count). The molecule has 2 aromatic carbocycles. The van der Waals surface area contributed by atoms with Crippen molar-refractivity contribution in [2.24, 2.45) is 0 Å². The summed E-state index contributed by atoms with van der Waals surface area (Å²) in [5.74, 6) is 1.37. The van der Waals surface area contributed by atoms with Crippen molar-refractivity contribution in [1.82, 2.24) is 0 Å². The molecular formula is C28H34O4S3. The average Bonchev–Trinajstić information content (AvgIpc) is 2.85. The first-order valence-electron chi connectivity index (χ1n) is 11.6. The summed E-state index contributed by atoms with van der Waals surface area (Å²) in [6.45, 7) is 11.4. The van der Waals surface area contributed by atoms with E-state index >= 15 is 0 Å². The zero-order chi connectivity index (χ0) is 25.5. The van der Waals surface area contributed by atoms with Gasteiger partial charge < -0.3 is 9.47 Å². The number of carbonyl (C=O) groups excluding carboxylic acids is 2. The monoisotopic (exact) mass is 530 g/mol. The van der Waals surface area contributed by atoms with Crippen LogP contribution < -0.4 is 0 Å². The van der Waals surface area contributed by atoms with Gasteiger partial charge in [-0.25, -0.2) is 9.59 Å². The summed E-state index contributed by atoms with van der Waals surface area (Å²) in [7, 11) is 0. The van der Waals surface area contributed by atoms with Crippen molar-refractivity contribution in [3.8, 4) is 0 Å². The minimum Gasteiger partial charge on any atom is -0.462 e. The molecule has 0 spiro atoms. The molecule has 0 radical (unpaired) electrons. The van der Waals surface area contributed by atoms with Crippen LogP contribution in [0.15, 0.2) is 92.4 Å². The average molecular weight is 531 g/mol. The number of hydrogen-bond donors (Lipinski definition) is 0. The van der Waals surface area contributed by atoms with Crippen LogP contribution in [0.2, 0.25) is 0 Å². The molecular weight excluding hydrogens is 497 g/mol. The van der Waals surface area contributed by atoms with Crippen LogP contribution in [0.25, 0.3) is 0 Å². The number of carbonyl (C=O) groups is 2. The summed E-state index contributed by atoms with van der Waals surface area (Å²) in [6.07, 6.45) is 3.72. The van der Waals surface area contributed by atoms with Crippen LogP contribution >= 0.6 is 35.3 Å². The molecule has 0 fully saturated rings. The van der Waals surface area contributed by atoms with Crippen molar-refractivity contribution in [2.45, 2.75) is 59.1 Å². The van der Waals surface area contributed by atoms with Crippen molar-refractivity contribution >= 4 is 47.2 Å². The van der Waals surface area contributed by atoms with E-state index in [2.05, 4.69) is 61.7 Å². The third kappa shape index (κ3) is 12.4. The second-order valence-corrected chi connectivity index (χ2v) is 11.5. The molecule has 35 heavy (non-hydrogen) atoms. The van der Waals surface area contributed by atoms with Gasteiger partial charge in [0.1, 0.15) is 0 Å². The smallest absolute Gasteiger partial charge is 0.333 e. The summed E-state index contributed by atoms with van der Waals surface area (Å²) >= 11 is 5.39. The lowest BCUT2D eigenvalue weighted by atomic mass is 10.3. The minimum atomic E-state index is -0.310. The lowest BCUT2D eigenvalue weighted by Crippen LogP contribution is -2.06. The fourth-order valence-corrected chi connectivity index (χ4v) is 5.35. The maximum absolute atomic E-state index is 11.3. The van der Waals surface area contributed by atoms with E-state index in [0.717, 1.165) is 37.2 Å². The molecule has 0 heterocycles. The molecule has 4 nitrogen and oxygen atoms in total. The quantitative estimate of drug-likeness (QED) is 0.0949. The van der Waals surface area contributed by atoms with Crippen molar-refractivity contribution in [2.75, 3.05) is 24.7 Å².